The van der Waals surface area contributed by atoms with Gasteiger partial charge in [0.2, 0.25) is 0 Å². The molecule has 1 rings (SSSR count). The van der Waals surface area contributed by atoms with Crippen LogP contribution in [-0.4, -0.2) is 18.2 Å². The number of hydrogen-bond donors (Lipinski definition) is 1. The standard InChI is InChI=1S/C12H16O3/c1-9(8-12(14)15-2)7-10-3-5-11(13)6-4-10/h3-6,9,13H,7-8H2,1-2H3. The number of carbonyl (C=O) groups is 1. The highest BCUT2D eigenvalue weighted by Gasteiger charge is 2.09. The van der Waals surface area contributed by atoms with Crippen molar-refractivity contribution in [2.24, 2.45) is 5.92 Å². The van der Waals surface area contributed by atoms with E-state index in [4.69, 9.17) is 5.11 Å². The Morgan fingerprint density at radius 3 is 2.53 bits per heavy atom. The number of esters is 1. The molecular weight excluding hydrogens is 192 g/mol. The van der Waals surface area contributed by atoms with Crippen molar-refractivity contribution in [1.29, 1.82) is 0 Å². The Morgan fingerprint density at radius 1 is 1.40 bits per heavy atom. The van der Waals surface area contributed by atoms with Crippen molar-refractivity contribution in [3.05, 3.63) is 29.8 Å². The Kier molecular flexibility index (Phi) is 4.16. The van der Waals surface area contributed by atoms with Crippen molar-refractivity contribution in [3.63, 3.8) is 0 Å². The van der Waals surface area contributed by atoms with Crippen LogP contribution in [0.4, 0.5) is 0 Å². The fourth-order valence-corrected chi connectivity index (χ4v) is 1.47. The first-order valence-corrected chi connectivity index (χ1v) is 4.96. The summed E-state index contributed by atoms with van der Waals surface area (Å²) in [5.74, 6) is 0.336. The van der Waals surface area contributed by atoms with Crippen LogP contribution in [0.5, 0.6) is 5.75 Å². The van der Waals surface area contributed by atoms with Gasteiger partial charge in [0.1, 0.15) is 5.75 Å². The summed E-state index contributed by atoms with van der Waals surface area (Å²) >= 11 is 0. The Balaban J connectivity index is 2.47. The molecule has 0 spiro atoms. The Morgan fingerprint density at radius 2 is 2.00 bits per heavy atom. The SMILES string of the molecule is COC(=O)CC(C)Cc1ccc(O)cc1. The number of hydrogen-bond acceptors (Lipinski definition) is 3. The molecular formula is C12H16O3. The van der Waals surface area contributed by atoms with Gasteiger partial charge in [0, 0.05) is 6.42 Å². The molecule has 0 amide bonds. The van der Waals surface area contributed by atoms with Gasteiger partial charge in [0.05, 0.1) is 7.11 Å². The zero-order valence-electron chi connectivity index (χ0n) is 9.06. The number of aromatic hydroxyl groups is 1. The van der Waals surface area contributed by atoms with E-state index in [-0.39, 0.29) is 17.6 Å². The molecule has 0 aliphatic carbocycles. The summed E-state index contributed by atoms with van der Waals surface area (Å²) in [4.78, 5) is 11.0. The lowest BCUT2D eigenvalue weighted by molar-refractivity contribution is -0.141. The molecule has 1 aromatic carbocycles. The van der Waals surface area contributed by atoms with Crippen LogP contribution in [0.1, 0.15) is 18.9 Å². The van der Waals surface area contributed by atoms with Crippen molar-refractivity contribution >= 4 is 5.97 Å². The lowest BCUT2D eigenvalue weighted by Gasteiger charge is -2.09. The average molecular weight is 208 g/mol. The largest absolute Gasteiger partial charge is 0.508 e. The third-order valence-corrected chi connectivity index (χ3v) is 2.26. The Hall–Kier alpha value is -1.51. The molecule has 3 heteroatoms. The van der Waals surface area contributed by atoms with E-state index in [1.54, 1.807) is 12.1 Å². The highest BCUT2D eigenvalue weighted by Crippen LogP contribution is 2.15. The second-order valence-electron chi connectivity index (χ2n) is 3.76. The fraction of sp³-hybridized carbons (Fsp3) is 0.417. The molecule has 0 bridgehead atoms. The first-order chi connectivity index (χ1) is 7.11. The predicted molar refractivity (Wildman–Crippen MR) is 57.6 cm³/mol. The van der Waals surface area contributed by atoms with Gasteiger partial charge in [-0.3, -0.25) is 4.79 Å². The molecule has 0 aromatic heterocycles. The second-order valence-corrected chi connectivity index (χ2v) is 3.76. The van der Waals surface area contributed by atoms with Gasteiger partial charge in [-0.05, 0) is 30.0 Å². The number of phenols is 1. The summed E-state index contributed by atoms with van der Waals surface area (Å²) in [6.45, 7) is 2.00. The van der Waals surface area contributed by atoms with Crippen LogP contribution < -0.4 is 0 Å². The summed E-state index contributed by atoms with van der Waals surface area (Å²) in [6, 6.07) is 7.03. The maximum atomic E-state index is 11.0. The molecule has 0 fully saturated rings. The minimum Gasteiger partial charge on any atom is -0.508 e. The van der Waals surface area contributed by atoms with Gasteiger partial charge in [0.15, 0.2) is 0 Å². The minimum atomic E-state index is -0.179. The van der Waals surface area contributed by atoms with Crippen LogP contribution in [0.3, 0.4) is 0 Å². The number of ether oxygens (including phenoxy) is 1. The summed E-state index contributed by atoms with van der Waals surface area (Å²) in [5, 5.41) is 9.10. The number of rotatable bonds is 4. The normalized spacial score (nSPS) is 12.1. The van der Waals surface area contributed by atoms with E-state index >= 15 is 0 Å². The molecule has 0 saturated heterocycles. The average Bonchev–Trinajstić information content (AvgIpc) is 2.21. The number of methoxy groups -OCH3 is 1. The molecule has 82 valence electrons. The molecule has 0 saturated carbocycles. The van der Waals surface area contributed by atoms with Gasteiger partial charge in [-0.1, -0.05) is 19.1 Å². The minimum absolute atomic E-state index is 0.179. The molecule has 15 heavy (non-hydrogen) atoms. The van der Waals surface area contributed by atoms with Crippen LogP contribution in [0.15, 0.2) is 24.3 Å². The highest BCUT2D eigenvalue weighted by atomic mass is 16.5. The highest BCUT2D eigenvalue weighted by molar-refractivity contribution is 5.69. The molecule has 0 aliphatic heterocycles. The van der Waals surface area contributed by atoms with E-state index < -0.39 is 0 Å². The Bertz CT molecular complexity index is 316. The van der Waals surface area contributed by atoms with Crippen LogP contribution >= 0.6 is 0 Å². The molecule has 1 atom stereocenters. The summed E-state index contributed by atoms with van der Waals surface area (Å²) < 4.78 is 4.60. The van der Waals surface area contributed by atoms with Gasteiger partial charge in [-0.2, -0.15) is 0 Å². The van der Waals surface area contributed by atoms with Crippen molar-refractivity contribution < 1.29 is 14.6 Å². The molecule has 1 unspecified atom stereocenters. The smallest absolute Gasteiger partial charge is 0.305 e. The first-order valence-electron chi connectivity index (χ1n) is 4.96. The maximum Gasteiger partial charge on any atom is 0.305 e. The van der Waals surface area contributed by atoms with Crippen molar-refractivity contribution in [2.45, 2.75) is 19.8 Å². The first kappa shape index (κ1) is 11.6. The van der Waals surface area contributed by atoms with Crippen molar-refractivity contribution in [1.82, 2.24) is 0 Å². The molecule has 1 N–H and O–H groups in total. The molecule has 1 aromatic rings. The number of phenolic OH excluding ortho intramolecular Hbond substituents is 1. The van der Waals surface area contributed by atoms with E-state index in [1.807, 2.05) is 19.1 Å². The van der Waals surface area contributed by atoms with Gasteiger partial charge in [0.25, 0.3) is 0 Å². The van der Waals surface area contributed by atoms with E-state index in [9.17, 15) is 4.79 Å². The van der Waals surface area contributed by atoms with E-state index in [1.165, 1.54) is 7.11 Å². The van der Waals surface area contributed by atoms with Crippen LogP contribution in [0.2, 0.25) is 0 Å². The summed E-state index contributed by atoms with van der Waals surface area (Å²) in [7, 11) is 1.40. The maximum absolute atomic E-state index is 11.0. The fourth-order valence-electron chi connectivity index (χ4n) is 1.47. The van der Waals surface area contributed by atoms with Crippen LogP contribution in [0, 0.1) is 5.92 Å². The third kappa shape index (κ3) is 4.02. The topological polar surface area (TPSA) is 46.5 Å². The van der Waals surface area contributed by atoms with Crippen molar-refractivity contribution in [3.8, 4) is 5.75 Å². The Labute approximate surface area is 89.7 Å². The van der Waals surface area contributed by atoms with Crippen molar-refractivity contribution in [2.75, 3.05) is 7.11 Å². The zero-order chi connectivity index (χ0) is 11.3. The van der Waals surface area contributed by atoms with Crippen LogP contribution in [0.25, 0.3) is 0 Å². The lowest BCUT2D eigenvalue weighted by Crippen LogP contribution is -2.09. The van der Waals surface area contributed by atoms with Gasteiger partial charge >= 0.3 is 5.97 Å². The number of carbonyl (C=O) groups excluding carboxylic acids is 1. The van der Waals surface area contributed by atoms with Gasteiger partial charge in [-0.25, -0.2) is 0 Å². The monoisotopic (exact) mass is 208 g/mol. The molecule has 0 radical (unpaired) electrons. The summed E-state index contributed by atoms with van der Waals surface area (Å²) in [5.41, 5.74) is 1.12. The molecule has 0 aliphatic rings. The number of benzene rings is 1. The zero-order valence-corrected chi connectivity index (χ0v) is 9.06. The quantitative estimate of drug-likeness (QED) is 0.771. The summed E-state index contributed by atoms with van der Waals surface area (Å²) in [6.07, 6.45) is 1.24. The van der Waals surface area contributed by atoms with E-state index in [0.717, 1.165) is 12.0 Å². The molecule has 3 nitrogen and oxygen atoms in total. The van der Waals surface area contributed by atoms with E-state index in [0.29, 0.717) is 6.42 Å². The van der Waals surface area contributed by atoms with Gasteiger partial charge in [-0.15, -0.1) is 0 Å². The third-order valence-electron chi connectivity index (χ3n) is 2.26. The predicted octanol–water partition coefficient (Wildman–Crippen LogP) is 2.13. The second kappa shape index (κ2) is 5.39. The lowest BCUT2D eigenvalue weighted by atomic mass is 9.98. The van der Waals surface area contributed by atoms with Crippen LogP contribution in [-0.2, 0) is 16.0 Å². The molecule has 0 heterocycles. The van der Waals surface area contributed by atoms with Gasteiger partial charge < -0.3 is 9.84 Å². The van der Waals surface area contributed by atoms with E-state index in [2.05, 4.69) is 4.74 Å².